The van der Waals surface area contributed by atoms with Crippen molar-refractivity contribution in [3.05, 3.63) is 82.7 Å². The van der Waals surface area contributed by atoms with Gasteiger partial charge in [0.2, 0.25) is 0 Å². The first kappa shape index (κ1) is 18.3. The van der Waals surface area contributed by atoms with E-state index in [1.54, 1.807) is 41.2 Å². The van der Waals surface area contributed by atoms with Crippen molar-refractivity contribution in [2.24, 2.45) is 0 Å². The molecule has 3 aromatic rings. The Hall–Kier alpha value is -3.50. The van der Waals surface area contributed by atoms with E-state index >= 15 is 0 Å². The molecule has 134 valence electrons. The number of rotatable bonds is 4. The third-order valence-electron chi connectivity index (χ3n) is 3.55. The van der Waals surface area contributed by atoms with Gasteiger partial charge in [-0.1, -0.05) is 11.6 Å². The number of nitriles is 1. The van der Waals surface area contributed by atoms with E-state index in [2.05, 4.69) is 10.4 Å². The maximum absolute atomic E-state index is 13.6. The van der Waals surface area contributed by atoms with Gasteiger partial charge in [0.15, 0.2) is 0 Å². The fourth-order valence-corrected chi connectivity index (χ4v) is 2.37. The first-order valence-corrected chi connectivity index (χ1v) is 8.03. The summed E-state index contributed by atoms with van der Waals surface area (Å²) >= 11 is 5.85. The molecule has 0 fully saturated rings. The first-order valence-electron chi connectivity index (χ1n) is 7.65. The highest BCUT2D eigenvalue weighted by atomic mass is 35.5. The van der Waals surface area contributed by atoms with Crippen LogP contribution in [0.3, 0.4) is 0 Å². The first-order chi connectivity index (χ1) is 13.0. The van der Waals surface area contributed by atoms with Crippen molar-refractivity contribution in [2.45, 2.75) is 0 Å². The Morgan fingerprint density at radius 1 is 1.22 bits per heavy atom. The number of halogens is 3. The fraction of sp³-hybridized carbons (Fsp3) is 0. The van der Waals surface area contributed by atoms with Crippen molar-refractivity contribution < 1.29 is 13.6 Å². The quantitative estimate of drug-likeness (QED) is 0.537. The second kappa shape index (κ2) is 7.81. The third kappa shape index (κ3) is 4.37. The molecule has 0 radical (unpaired) electrons. The monoisotopic (exact) mass is 384 g/mol. The molecule has 0 atom stereocenters. The Morgan fingerprint density at radius 2 is 1.96 bits per heavy atom. The van der Waals surface area contributed by atoms with Gasteiger partial charge in [0.05, 0.1) is 17.6 Å². The van der Waals surface area contributed by atoms with Gasteiger partial charge in [-0.3, -0.25) is 4.79 Å². The Kier molecular flexibility index (Phi) is 5.29. The SMILES string of the molecule is N#C/C(=C\c1cnn(-c2ccc(Cl)cc2)c1)C(=O)Nc1ccc(F)cc1F. The zero-order chi connectivity index (χ0) is 19.4. The van der Waals surface area contributed by atoms with E-state index in [-0.39, 0.29) is 11.3 Å². The molecule has 1 heterocycles. The number of nitrogens with one attached hydrogen (secondary N) is 1. The summed E-state index contributed by atoms with van der Waals surface area (Å²) in [6.45, 7) is 0. The summed E-state index contributed by atoms with van der Waals surface area (Å²) in [5, 5.41) is 16.2. The van der Waals surface area contributed by atoms with E-state index in [0.717, 1.165) is 17.8 Å². The van der Waals surface area contributed by atoms with Gasteiger partial charge in [-0.2, -0.15) is 10.4 Å². The zero-order valence-corrected chi connectivity index (χ0v) is 14.4. The summed E-state index contributed by atoms with van der Waals surface area (Å²) in [6.07, 6.45) is 4.40. The average Bonchev–Trinajstić information content (AvgIpc) is 3.11. The molecule has 0 aliphatic carbocycles. The highest BCUT2D eigenvalue weighted by molar-refractivity contribution is 6.30. The molecule has 0 unspecified atom stereocenters. The van der Waals surface area contributed by atoms with E-state index in [4.69, 9.17) is 11.6 Å². The smallest absolute Gasteiger partial charge is 0.266 e. The summed E-state index contributed by atoms with van der Waals surface area (Å²) in [5.41, 5.74) is 0.764. The van der Waals surface area contributed by atoms with Gasteiger partial charge in [0.25, 0.3) is 5.91 Å². The molecular weight excluding hydrogens is 374 g/mol. The lowest BCUT2D eigenvalue weighted by molar-refractivity contribution is -0.112. The van der Waals surface area contributed by atoms with Crippen LogP contribution in [0.1, 0.15) is 5.56 Å². The summed E-state index contributed by atoms with van der Waals surface area (Å²) in [7, 11) is 0. The molecule has 2 aromatic carbocycles. The number of hydrogen-bond acceptors (Lipinski definition) is 3. The van der Waals surface area contributed by atoms with E-state index in [1.165, 1.54) is 12.3 Å². The van der Waals surface area contributed by atoms with Crippen LogP contribution in [0, 0.1) is 23.0 Å². The molecule has 27 heavy (non-hydrogen) atoms. The minimum Gasteiger partial charge on any atom is -0.319 e. The fourth-order valence-electron chi connectivity index (χ4n) is 2.24. The summed E-state index contributed by atoms with van der Waals surface area (Å²) in [5.74, 6) is -2.52. The number of carbonyl (C=O) groups is 1. The molecular formula is C19H11ClF2N4O. The summed E-state index contributed by atoms with van der Waals surface area (Å²) in [6, 6.07) is 11.4. The number of carbonyl (C=O) groups excluding carboxylic acids is 1. The standard InChI is InChI=1S/C19H11ClF2N4O/c20-14-1-4-16(5-2-14)26-11-12(10-24-26)7-13(9-23)19(27)25-18-6-3-15(21)8-17(18)22/h1-8,10-11H,(H,25,27)/b13-7+. The summed E-state index contributed by atoms with van der Waals surface area (Å²) < 4.78 is 28.1. The van der Waals surface area contributed by atoms with Gasteiger partial charge in [-0.15, -0.1) is 0 Å². The highest BCUT2D eigenvalue weighted by Gasteiger charge is 2.13. The minimum atomic E-state index is -0.934. The van der Waals surface area contributed by atoms with Crippen LogP contribution in [0.15, 0.2) is 60.4 Å². The van der Waals surface area contributed by atoms with E-state index < -0.39 is 17.5 Å². The molecule has 0 spiro atoms. The number of anilines is 1. The van der Waals surface area contributed by atoms with Crippen LogP contribution in [0.5, 0.6) is 0 Å². The van der Waals surface area contributed by atoms with Crippen molar-refractivity contribution in [1.29, 1.82) is 5.26 Å². The van der Waals surface area contributed by atoms with Crippen LogP contribution in [0.4, 0.5) is 14.5 Å². The molecule has 1 amide bonds. The van der Waals surface area contributed by atoms with Crippen LogP contribution >= 0.6 is 11.6 Å². The minimum absolute atomic E-state index is 0.223. The molecule has 0 aliphatic heterocycles. The predicted molar refractivity (Wildman–Crippen MR) is 97.2 cm³/mol. The number of hydrogen-bond donors (Lipinski definition) is 1. The van der Waals surface area contributed by atoms with Gasteiger partial charge in [0.1, 0.15) is 23.3 Å². The van der Waals surface area contributed by atoms with Crippen LogP contribution in [-0.2, 0) is 4.79 Å². The van der Waals surface area contributed by atoms with Gasteiger partial charge in [-0.05, 0) is 42.5 Å². The second-order valence-corrected chi connectivity index (χ2v) is 5.88. The molecule has 0 saturated heterocycles. The van der Waals surface area contributed by atoms with E-state index in [1.807, 2.05) is 0 Å². The highest BCUT2D eigenvalue weighted by Crippen LogP contribution is 2.17. The number of aromatic nitrogens is 2. The topological polar surface area (TPSA) is 70.7 Å². The Labute approximate surface area is 158 Å². The van der Waals surface area contributed by atoms with Crippen LogP contribution < -0.4 is 5.32 Å². The van der Waals surface area contributed by atoms with Gasteiger partial charge in [-0.25, -0.2) is 13.5 Å². The number of benzene rings is 2. The van der Waals surface area contributed by atoms with Gasteiger partial charge >= 0.3 is 0 Å². The lowest BCUT2D eigenvalue weighted by atomic mass is 10.2. The molecule has 0 bridgehead atoms. The molecule has 1 aromatic heterocycles. The van der Waals surface area contributed by atoms with E-state index in [0.29, 0.717) is 16.7 Å². The van der Waals surface area contributed by atoms with Crippen molar-refractivity contribution in [2.75, 3.05) is 5.32 Å². The maximum atomic E-state index is 13.6. The number of nitrogens with zero attached hydrogens (tertiary/aromatic N) is 3. The molecule has 0 saturated carbocycles. The Balaban J connectivity index is 1.81. The van der Waals surface area contributed by atoms with Gasteiger partial charge < -0.3 is 5.32 Å². The molecule has 1 N–H and O–H groups in total. The lowest BCUT2D eigenvalue weighted by Crippen LogP contribution is -2.14. The zero-order valence-electron chi connectivity index (χ0n) is 13.7. The van der Waals surface area contributed by atoms with Crippen molar-refractivity contribution in [3.8, 4) is 11.8 Å². The van der Waals surface area contributed by atoms with Crippen molar-refractivity contribution in [1.82, 2.24) is 9.78 Å². The maximum Gasteiger partial charge on any atom is 0.266 e. The number of amides is 1. The lowest BCUT2D eigenvalue weighted by Gasteiger charge is -2.05. The van der Waals surface area contributed by atoms with Crippen molar-refractivity contribution >= 4 is 29.3 Å². The Bertz CT molecular complexity index is 1070. The normalized spacial score (nSPS) is 11.1. The third-order valence-corrected chi connectivity index (χ3v) is 3.80. The Morgan fingerprint density at radius 3 is 2.63 bits per heavy atom. The molecule has 0 aliphatic rings. The van der Waals surface area contributed by atoms with Crippen LogP contribution in [-0.4, -0.2) is 15.7 Å². The average molecular weight is 385 g/mol. The predicted octanol–water partition coefficient (Wildman–Crippen LogP) is 4.35. The van der Waals surface area contributed by atoms with E-state index in [9.17, 15) is 18.8 Å². The van der Waals surface area contributed by atoms with Crippen molar-refractivity contribution in [3.63, 3.8) is 0 Å². The van der Waals surface area contributed by atoms with Crippen LogP contribution in [0.25, 0.3) is 11.8 Å². The summed E-state index contributed by atoms with van der Waals surface area (Å²) in [4.78, 5) is 12.2. The largest absolute Gasteiger partial charge is 0.319 e. The molecule has 5 nitrogen and oxygen atoms in total. The van der Waals surface area contributed by atoms with Crippen LogP contribution in [0.2, 0.25) is 5.02 Å². The molecule has 8 heteroatoms. The molecule has 3 rings (SSSR count). The van der Waals surface area contributed by atoms with Gasteiger partial charge in [0, 0.05) is 22.8 Å². The second-order valence-electron chi connectivity index (χ2n) is 5.44.